The number of carbonyl (C=O) groups excluding carboxylic acids is 2. The van der Waals surface area contributed by atoms with Gasteiger partial charge in [-0.2, -0.15) is 0 Å². The monoisotopic (exact) mass is 374 g/mol. The standard InChI is InChI=1S/C21H30N2O4/c1-21(2,3)27-19(24)22-13-7-10-18(14-22)23(17-11-12-17)20(25)26-15-16-8-5-4-6-9-16/h4-6,8-9,17-18H,7,10-15H2,1-3H3. The number of hydrogen-bond acceptors (Lipinski definition) is 4. The first-order valence-electron chi connectivity index (χ1n) is 9.80. The summed E-state index contributed by atoms with van der Waals surface area (Å²) >= 11 is 0. The van der Waals surface area contributed by atoms with Crippen molar-refractivity contribution in [1.82, 2.24) is 9.80 Å². The molecule has 1 atom stereocenters. The molecule has 1 aromatic carbocycles. The van der Waals surface area contributed by atoms with Crippen LogP contribution in [0, 0.1) is 0 Å². The normalized spacial score (nSPS) is 20.1. The number of likely N-dealkylation sites (tertiary alicyclic amines) is 1. The molecule has 1 heterocycles. The fourth-order valence-corrected chi connectivity index (χ4v) is 3.42. The summed E-state index contributed by atoms with van der Waals surface area (Å²) in [5.74, 6) is 0. The topological polar surface area (TPSA) is 59.1 Å². The van der Waals surface area contributed by atoms with Crippen molar-refractivity contribution in [1.29, 1.82) is 0 Å². The molecule has 1 aromatic rings. The van der Waals surface area contributed by atoms with Gasteiger partial charge in [-0.05, 0) is 52.0 Å². The Morgan fingerprint density at radius 1 is 1.11 bits per heavy atom. The molecule has 27 heavy (non-hydrogen) atoms. The number of ether oxygens (including phenoxy) is 2. The Morgan fingerprint density at radius 2 is 1.81 bits per heavy atom. The molecular weight excluding hydrogens is 344 g/mol. The smallest absolute Gasteiger partial charge is 0.410 e. The van der Waals surface area contributed by atoms with Gasteiger partial charge in [-0.25, -0.2) is 9.59 Å². The molecule has 6 nitrogen and oxygen atoms in total. The van der Waals surface area contributed by atoms with Crippen LogP contribution in [0.3, 0.4) is 0 Å². The first kappa shape index (κ1) is 19.5. The average molecular weight is 374 g/mol. The van der Waals surface area contributed by atoms with E-state index in [1.807, 2.05) is 56.0 Å². The van der Waals surface area contributed by atoms with Crippen LogP contribution >= 0.6 is 0 Å². The summed E-state index contributed by atoms with van der Waals surface area (Å²) in [6.07, 6.45) is 3.17. The number of nitrogens with zero attached hydrogens (tertiary/aromatic N) is 2. The minimum absolute atomic E-state index is 0.0120. The number of amides is 2. The Kier molecular flexibility index (Phi) is 5.92. The summed E-state index contributed by atoms with van der Waals surface area (Å²) in [4.78, 5) is 28.8. The third-order valence-corrected chi connectivity index (χ3v) is 4.80. The molecule has 1 aliphatic heterocycles. The molecule has 1 saturated heterocycles. The largest absolute Gasteiger partial charge is 0.445 e. The molecule has 3 rings (SSSR count). The lowest BCUT2D eigenvalue weighted by Gasteiger charge is -2.39. The molecule has 0 aromatic heterocycles. The van der Waals surface area contributed by atoms with Gasteiger partial charge < -0.3 is 19.3 Å². The van der Waals surface area contributed by atoms with Gasteiger partial charge in [-0.3, -0.25) is 0 Å². The highest BCUT2D eigenvalue weighted by Gasteiger charge is 2.41. The molecule has 0 spiro atoms. The van der Waals surface area contributed by atoms with Gasteiger partial charge in [0.05, 0.1) is 6.04 Å². The number of rotatable bonds is 4. The van der Waals surface area contributed by atoms with Gasteiger partial charge in [-0.15, -0.1) is 0 Å². The predicted octanol–water partition coefficient (Wildman–Crippen LogP) is 4.19. The van der Waals surface area contributed by atoms with Crippen LogP contribution in [0.1, 0.15) is 52.0 Å². The second-order valence-electron chi connectivity index (χ2n) is 8.40. The molecule has 0 N–H and O–H groups in total. The first-order chi connectivity index (χ1) is 12.8. The van der Waals surface area contributed by atoms with Gasteiger partial charge in [0.2, 0.25) is 0 Å². The highest BCUT2D eigenvalue weighted by molar-refractivity contribution is 5.70. The number of carbonyl (C=O) groups is 2. The maximum Gasteiger partial charge on any atom is 0.410 e. The summed E-state index contributed by atoms with van der Waals surface area (Å²) in [6.45, 7) is 7.04. The average Bonchev–Trinajstić information content (AvgIpc) is 3.45. The molecule has 148 valence electrons. The van der Waals surface area contributed by atoms with E-state index in [1.54, 1.807) is 4.90 Å². The van der Waals surface area contributed by atoms with E-state index >= 15 is 0 Å². The zero-order chi connectivity index (χ0) is 19.4. The maximum absolute atomic E-state index is 12.8. The second-order valence-corrected chi connectivity index (χ2v) is 8.40. The molecule has 2 fully saturated rings. The highest BCUT2D eigenvalue weighted by Crippen LogP contribution is 2.32. The Balaban J connectivity index is 1.60. The molecule has 1 unspecified atom stereocenters. The van der Waals surface area contributed by atoms with Gasteiger partial charge in [0.1, 0.15) is 12.2 Å². The van der Waals surface area contributed by atoms with Gasteiger partial charge >= 0.3 is 12.2 Å². The van der Waals surface area contributed by atoms with Gasteiger partial charge in [0, 0.05) is 19.1 Å². The Morgan fingerprint density at radius 3 is 2.44 bits per heavy atom. The minimum Gasteiger partial charge on any atom is -0.445 e. The third kappa shape index (κ3) is 5.62. The molecular formula is C21H30N2O4. The van der Waals surface area contributed by atoms with Crippen molar-refractivity contribution in [3.05, 3.63) is 35.9 Å². The lowest BCUT2D eigenvalue weighted by Crippen LogP contribution is -2.53. The van der Waals surface area contributed by atoms with Crippen molar-refractivity contribution in [2.75, 3.05) is 13.1 Å². The van der Waals surface area contributed by atoms with E-state index in [0.717, 1.165) is 31.2 Å². The molecule has 6 heteroatoms. The van der Waals surface area contributed by atoms with Crippen LogP contribution < -0.4 is 0 Å². The van der Waals surface area contributed by atoms with Gasteiger partial charge in [0.15, 0.2) is 0 Å². The number of benzene rings is 1. The first-order valence-corrected chi connectivity index (χ1v) is 9.80. The van der Waals surface area contributed by atoms with Gasteiger partial charge in [-0.1, -0.05) is 30.3 Å². The van der Waals surface area contributed by atoms with E-state index in [4.69, 9.17) is 9.47 Å². The number of hydrogen-bond donors (Lipinski definition) is 0. The fraction of sp³-hybridized carbons (Fsp3) is 0.619. The Labute approximate surface area is 161 Å². The van der Waals surface area contributed by atoms with Crippen LogP contribution in [0.25, 0.3) is 0 Å². The van der Waals surface area contributed by atoms with Crippen molar-refractivity contribution in [3.8, 4) is 0 Å². The maximum atomic E-state index is 12.8. The zero-order valence-corrected chi connectivity index (χ0v) is 16.5. The SMILES string of the molecule is CC(C)(C)OC(=O)N1CCCC(N(C(=O)OCc2ccccc2)C2CC2)C1. The van der Waals surface area contributed by atoms with Crippen molar-refractivity contribution in [2.24, 2.45) is 0 Å². The van der Waals surface area contributed by atoms with E-state index in [-0.39, 0.29) is 30.9 Å². The third-order valence-electron chi connectivity index (χ3n) is 4.80. The molecule has 2 aliphatic rings. The highest BCUT2D eigenvalue weighted by atomic mass is 16.6. The Hall–Kier alpha value is -2.24. The lowest BCUT2D eigenvalue weighted by atomic mass is 10.0. The van der Waals surface area contributed by atoms with Crippen LogP contribution in [-0.4, -0.2) is 52.8 Å². The van der Waals surface area contributed by atoms with Crippen LogP contribution in [0.2, 0.25) is 0 Å². The lowest BCUT2D eigenvalue weighted by molar-refractivity contribution is 0.00753. The van der Waals surface area contributed by atoms with Crippen molar-refractivity contribution in [3.63, 3.8) is 0 Å². The van der Waals surface area contributed by atoms with E-state index in [0.29, 0.717) is 13.1 Å². The fourth-order valence-electron chi connectivity index (χ4n) is 3.42. The van der Waals surface area contributed by atoms with E-state index in [9.17, 15) is 9.59 Å². The second kappa shape index (κ2) is 8.19. The van der Waals surface area contributed by atoms with Crippen LogP contribution in [-0.2, 0) is 16.1 Å². The molecule has 2 amide bonds. The minimum atomic E-state index is -0.519. The molecule has 0 radical (unpaired) electrons. The van der Waals surface area contributed by atoms with Gasteiger partial charge in [0.25, 0.3) is 0 Å². The summed E-state index contributed by atoms with van der Waals surface area (Å²) in [5.41, 5.74) is 0.454. The predicted molar refractivity (Wildman–Crippen MR) is 102 cm³/mol. The van der Waals surface area contributed by atoms with Crippen molar-refractivity contribution < 1.29 is 19.1 Å². The van der Waals surface area contributed by atoms with Crippen molar-refractivity contribution in [2.45, 2.75) is 70.7 Å². The van der Waals surface area contributed by atoms with Crippen LogP contribution in [0.4, 0.5) is 9.59 Å². The number of piperidine rings is 1. The Bertz CT molecular complexity index is 652. The quantitative estimate of drug-likeness (QED) is 0.793. The van der Waals surface area contributed by atoms with Crippen LogP contribution in [0.5, 0.6) is 0 Å². The van der Waals surface area contributed by atoms with Crippen molar-refractivity contribution >= 4 is 12.2 Å². The summed E-state index contributed by atoms with van der Waals surface area (Å²) < 4.78 is 11.1. The van der Waals surface area contributed by atoms with E-state index in [2.05, 4.69) is 0 Å². The summed E-state index contributed by atoms with van der Waals surface area (Å²) in [5, 5.41) is 0. The summed E-state index contributed by atoms with van der Waals surface area (Å²) in [7, 11) is 0. The van der Waals surface area contributed by atoms with E-state index in [1.165, 1.54) is 0 Å². The molecule has 0 bridgehead atoms. The molecule has 1 aliphatic carbocycles. The van der Waals surface area contributed by atoms with E-state index < -0.39 is 5.60 Å². The molecule has 1 saturated carbocycles. The van der Waals surface area contributed by atoms with Crippen LogP contribution in [0.15, 0.2) is 30.3 Å². The zero-order valence-electron chi connectivity index (χ0n) is 16.5. The summed E-state index contributed by atoms with van der Waals surface area (Å²) in [6, 6.07) is 9.91.